The van der Waals surface area contributed by atoms with Crippen molar-refractivity contribution in [3.8, 4) is 0 Å². The average Bonchev–Trinajstić information content (AvgIpc) is 2.62. The van der Waals surface area contributed by atoms with Crippen molar-refractivity contribution in [3.05, 3.63) is 12.2 Å². The lowest BCUT2D eigenvalue weighted by atomic mass is 10.1. The smallest absolute Gasteiger partial charge is 0.426 e. The lowest BCUT2D eigenvalue weighted by Gasteiger charge is -2.19. The minimum absolute atomic E-state index is 0.212. The van der Waals surface area contributed by atoms with Crippen LogP contribution in [0.15, 0.2) is 12.2 Å². The van der Waals surface area contributed by atoms with E-state index < -0.39 is 34.1 Å². The maximum atomic E-state index is 12.7. The molecule has 0 rings (SSSR count). The van der Waals surface area contributed by atoms with Crippen molar-refractivity contribution in [1.82, 2.24) is 0 Å². The van der Waals surface area contributed by atoms with Crippen molar-refractivity contribution in [3.63, 3.8) is 0 Å². The SMILES string of the molecule is CCCCCCCC/C=C/CCCCCCCC(=O)OC(CS(=O)(=O)O)C(F)(F)F. The fourth-order valence-electron chi connectivity index (χ4n) is 2.94. The van der Waals surface area contributed by atoms with Gasteiger partial charge in [0.15, 0.2) is 0 Å². The third-order valence-electron chi connectivity index (χ3n) is 4.64. The highest BCUT2D eigenvalue weighted by atomic mass is 32.2. The molecular weight excluding hydrogens is 421 g/mol. The number of alkyl halides is 3. The summed E-state index contributed by atoms with van der Waals surface area (Å²) in [6.07, 6.45) is 10.1. The van der Waals surface area contributed by atoms with Gasteiger partial charge in [-0.1, -0.05) is 70.4 Å². The Morgan fingerprint density at radius 3 is 1.83 bits per heavy atom. The molecule has 0 spiro atoms. The van der Waals surface area contributed by atoms with Crippen LogP contribution >= 0.6 is 0 Å². The zero-order valence-corrected chi connectivity index (χ0v) is 18.8. The standard InChI is InChI=1S/C21H37F3O5S/c1-2-3-4-5-6-7-8-9-10-11-12-13-14-15-16-17-20(25)29-19(21(22,23)24)18-30(26,27)28/h9-10,19H,2-8,11-18H2,1H3,(H,26,27,28)/b10-9+. The van der Waals surface area contributed by atoms with E-state index in [1.807, 2.05) is 0 Å². The summed E-state index contributed by atoms with van der Waals surface area (Å²) < 4.78 is 72.1. The Morgan fingerprint density at radius 2 is 1.37 bits per heavy atom. The molecule has 0 aliphatic carbocycles. The number of carbonyl (C=O) groups excluding carboxylic acids is 1. The monoisotopic (exact) mass is 458 g/mol. The van der Waals surface area contributed by atoms with Crippen LogP contribution in [0.3, 0.4) is 0 Å². The number of carbonyl (C=O) groups is 1. The second-order valence-electron chi connectivity index (χ2n) is 7.60. The first-order valence-electron chi connectivity index (χ1n) is 10.9. The first-order chi connectivity index (χ1) is 14.1. The van der Waals surface area contributed by atoms with Gasteiger partial charge in [-0.25, -0.2) is 0 Å². The van der Waals surface area contributed by atoms with Crippen LogP contribution in [0.2, 0.25) is 0 Å². The number of ether oxygens (including phenoxy) is 1. The van der Waals surface area contributed by atoms with Crippen LogP contribution in [0.4, 0.5) is 13.2 Å². The maximum Gasteiger partial charge on any atom is 0.426 e. The van der Waals surface area contributed by atoms with Crippen molar-refractivity contribution in [2.75, 3.05) is 5.75 Å². The molecule has 0 heterocycles. The fourth-order valence-corrected chi connectivity index (χ4v) is 3.58. The summed E-state index contributed by atoms with van der Waals surface area (Å²) in [7, 11) is -4.91. The summed E-state index contributed by atoms with van der Waals surface area (Å²) in [6.45, 7) is 2.21. The van der Waals surface area contributed by atoms with E-state index in [0.717, 1.165) is 32.1 Å². The van der Waals surface area contributed by atoms with E-state index in [4.69, 9.17) is 4.55 Å². The molecule has 178 valence electrons. The molecule has 0 fully saturated rings. The van der Waals surface area contributed by atoms with Crippen molar-refractivity contribution in [2.24, 2.45) is 0 Å². The molecule has 0 aromatic heterocycles. The van der Waals surface area contributed by atoms with Crippen molar-refractivity contribution >= 4 is 16.1 Å². The number of halogens is 3. The van der Waals surface area contributed by atoms with Gasteiger partial charge >= 0.3 is 12.1 Å². The van der Waals surface area contributed by atoms with E-state index >= 15 is 0 Å². The molecule has 0 radical (unpaired) electrons. The topological polar surface area (TPSA) is 80.7 Å². The number of unbranched alkanes of at least 4 members (excludes halogenated alkanes) is 11. The third kappa shape index (κ3) is 18.9. The summed E-state index contributed by atoms with van der Waals surface area (Å²) in [5.74, 6) is -2.80. The largest absolute Gasteiger partial charge is 0.451 e. The zero-order valence-electron chi connectivity index (χ0n) is 18.0. The van der Waals surface area contributed by atoms with Crippen molar-refractivity contribution in [2.45, 2.75) is 109 Å². The number of hydrogen-bond donors (Lipinski definition) is 1. The highest BCUT2D eigenvalue weighted by molar-refractivity contribution is 7.85. The summed E-state index contributed by atoms with van der Waals surface area (Å²) in [5, 5.41) is 0. The van der Waals surface area contributed by atoms with Gasteiger partial charge in [-0.3, -0.25) is 9.35 Å². The number of esters is 1. The lowest BCUT2D eigenvalue weighted by Crippen LogP contribution is -2.39. The van der Waals surface area contributed by atoms with Gasteiger partial charge in [-0.2, -0.15) is 21.6 Å². The molecule has 0 bridgehead atoms. The van der Waals surface area contributed by atoms with Gasteiger partial charge in [0.05, 0.1) is 0 Å². The highest BCUT2D eigenvalue weighted by Gasteiger charge is 2.45. The Balaban J connectivity index is 3.71. The van der Waals surface area contributed by atoms with Crippen LogP contribution in [0, 0.1) is 0 Å². The minimum atomic E-state index is -5.05. The first-order valence-corrected chi connectivity index (χ1v) is 12.5. The van der Waals surface area contributed by atoms with E-state index in [1.165, 1.54) is 38.5 Å². The quantitative estimate of drug-likeness (QED) is 0.111. The van der Waals surface area contributed by atoms with Gasteiger partial charge in [0, 0.05) is 6.42 Å². The highest BCUT2D eigenvalue weighted by Crippen LogP contribution is 2.24. The maximum absolute atomic E-state index is 12.7. The molecule has 5 nitrogen and oxygen atoms in total. The predicted octanol–water partition coefficient (Wildman–Crippen LogP) is 6.39. The molecular formula is C21H37F3O5S. The van der Waals surface area contributed by atoms with Gasteiger partial charge in [-0.05, 0) is 32.1 Å². The molecule has 0 aromatic carbocycles. The second kappa shape index (κ2) is 16.6. The van der Waals surface area contributed by atoms with Gasteiger partial charge < -0.3 is 4.74 Å². The zero-order chi connectivity index (χ0) is 22.9. The van der Waals surface area contributed by atoms with Gasteiger partial charge in [0.2, 0.25) is 6.10 Å². The molecule has 0 aliphatic rings. The molecule has 9 heteroatoms. The molecule has 0 saturated heterocycles. The van der Waals surface area contributed by atoms with Gasteiger partial charge in [0.1, 0.15) is 5.75 Å². The molecule has 0 aromatic rings. The third-order valence-corrected chi connectivity index (χ3v) is 5.37. The minimum Gasteiger partial charge on any atom is -0.451 e. The Morgan fingerprint density at radius 1 is 0.900 bits per heavy atom. The summed E-state index contributed by atoms with van der Waals surface area (Å²) in [5.41, 5.74) is 0. The van der Waals surface area contributed by atoms with E-state index in [1.54, 1.807) is 0 Å². The summed E-state index contributed by atoms with van der Waals surface area (Å²) >= 11 is 0. The Kier molecular flexibility index (Phi) is 16.0. The Labute approximate surface area is 179 Å². The second-order valence-corrected chi connectivity index (χ2v) is 9.10. The Bertz CT molecular complexity index is 574. The van der Waals surface area contributed by atoms with E-state index in [-0.39, 0.29) is 6.42 Å². The molecule has 1 N–H and O–H groups in total. The van der Waals surface area contributed by atoms with Crippen LogP contribution in [-0.4, -0.2) is 37.0 Å². The van der Waals surface area contributed by atoms with E-state index in [0.29, 0.717) is 12.8 Å². The summed E-state index contributed by atoms with van der Waals surface area (Å²) in [4.78, 5) is 11.5. The van der Waals surface area contributed by atoms with E-state index in [9.17, 15) is 26.4 Å². The van der Waals surface area contributed by atoms with Crippen molar-refractivity contribution < 1.29 is 35.7 Å². The van der Waals surface area contributed by atoms with Gasteiger partial charge in [0.25, 0.3) is 10.1 Å². The molecule has 1 unspecified atom stereocenters. The lowest BCUT2D eigenvalue weighted by molar-refractivity contribution is -0.215. The molecule has 0 amide bonds. The molecule has 30 heavy (non-hydrogen) atoms. The number of allylic oxidation sites excluding steroid dienone is 2. The van der Waals surface area contributed by atoms with Crippen LogP contribution < -0.4 is 0 Å². The van der Waals surface area contributed by atoms with Gasteiger partial charge in [-0.15, -0.1) is 0 Å². The first kappa shape index (κ1) is 28.9. The number of hydrogen-bond acceptors (Lipinski definition) is 4. The number of rotatable bonds is 18. The van der Waals surface area contributed by atoms with Crippen LogP contribution in [0.25, 0.3) is 0 Å². The molecule has 0 aliphatic heterocycles. The predicted molar refractivity (Wildman–Crippen MR) is 112 cm³/mol. The van der Waals surface area contributed by atoms with Crippen LogP contribution in [-0.2, 0) is 19.6 Å². The van der Waals surface area contributed by atoms with Crippen LogP contribution in [0.1, 0.15) is 96.8 Å². The fraction of sp³-hybridized carbons (Fsp3) is 0.857. The summed E-state index contributed by atoms with van der Waals surface area (Å²) in [6, 6.07) is 0. The van der Waals surface area contributed by atoms with Crippen molar-refractivity contribution in [1.29, 1.82) is 0 Å². The molecule has 0 saturated carbocycles. The Hall–Kier alpha value is -1.09. The molecule has 1 atom stereocenters. The van der Waals surface area contributed by atoms with E-state index in [2.05, 4.69) is 23.8 Å². The average molecular weight is 459 g/mol. The normalized spacial score (nSPS) is 13.6. The van der Waals surface area contributed by atoms with Crippen LogP contribution in [0.5, 0.6) is 0 Å².